The number of ether oxygens (including phenoxy) is 1. The molecule has 0 aliphatic heterocycles. The van der Waals surface area contributed by atoms with E-state index in [1.807, 2.05) is 6.07 Å². The Bertz CT molecular complexity index is 269. The summed E-state index contributed by atoms with van der Waals surface area (Å²) in [5.41, 5.74) is 1.13. The smallest absolute Gasteiger partial charge is 0.160 e. The van der Waals surface area contributed by atoms with Crippen LogP contribution >= 0.6 is 0 Å². The number of aryl methyl sites for hydroxylation is 1. The normalized spacial score (nSPS) is 10.0. The molecule has 0 fully saturated rings. The molecule has 0 aromatic heterocycles. The van der Waals surface area contributed by atoms with Crippen molar-refractivity contribution in [2.75, 3.05) is 7.11 Å². The minimum absolute atomic E-state index is 0.212. The van der Waals surface area contributed by atoms with Crippen LogP contribution in [-0.2, 0) is 6.42 Å². The van der Waals surface area contributed by atoms with Gasteiger partial charge < -0.3 is 9.84 Å². The highest BCUT2D eigenvalue weighted by molar-refractivity contribution is 5.41. The average molecular weight is 179 g/mol. The number of unbranched alkanes of at least 4 members (excludes halogenated alkanes) is 1. The number of hydrogen-bond donors (Lipinski definition) is 1. The number of phenols is 1. The molecule has 0 aliphatic carbocycles. The van der Waals surface area contributed by atoms with Crippen molar-refractivity contribution in [3.05, 3.63) is 30.7 Å². The summed E-state index contributed by atoms with van der Waals surface area (Å²) in [4.78, 5) is 0. The van der Waals surface area contributed by atoms with Crippen LogP contribution in [0, 0.1) is 6.92 Å². The van der Waals surface area contributed by atoms with Crippen molar-refractivity contribution in [2.24, 2.45) is 0 Å². The van der Waals surface area contributed by atoms with Gasteiger partial charge in [0.15, 0.2) is 11.5 Å². The van der Waals surface area contributed by atoms with E-state index in [1.54, 1.807) is 19.2 Å². The van der Waals surface area contributed by atoms with Gasteiger partial charge in [-0.05, 0) is 30.5 Å². The van der Waals surface area contributed by atoms with Gasteiger partial charge in [-0.2, -0.15) is 0 Å². The van der Waals surface area contributed by atoms with E-state index in [4.69, 9.17) is 4.74 Å². The third-order valence-corrected chi connectivity index (χ3v) is 1.96. The molecule has 0 atom stereocenters. The zero-order chi connectivity index (χ0) is 9.68. The Balaban J connectivity index is 2.71. The zero-order valence-electron chi connectivity index (χ0n) is 7.92. The highest BCUT2D eigenvalue weighted by Gasteiger charge is 2.01. The average Bonchev–Trinajstić information content (AvgIpc) is 2.15. The second kappa shape index (κ2) is 4.75. The highest BCUT2D eigenvalue weighted by Crippen LogP contribution is 2.26. The minimum atomic E-state index is 0.212. The topological polar surface area (TPSA) is 29.5 Å². The van der Waals surface area contributed by atoms with E-state index >= 15 is 0 Å². The molecule has 0 saturated carbocycles. The summed E-state index contributed by atoms with van der Waals surface area (Å²) >= 11 is 0. The molecule has 1 aromatic rings. The summed E-state index contributed by atoms with van der Waals surface area (Å²) in [6.45, 7) is 3.77. The Labute approximate surface area is 79.2 Å². The maximum absolute atomic E-state index is 9.45. The Morgan fingerprint density at radius 1 is 1.46 bits per heavy atom. The molecule has 13 heavy (non-hydrogen) atoms. The van der Waals surface area contributed by atoms with Crippen LogP contribution in [0.4, 0.5) is 0 Å². The number of rotatable bonds is 4. The minimum Gasteiger partial charge on any atom is -0.504 e. The van der Waals surface area contributed by atoms with Crippen molar-refractivity contribution >= 4 is 0 Å². The number of phenolic OH excluding ortho intramolecular Hbond substituents is 1. The molecule has 0 saturated heterocycles. The fourth-order valence-corrected chi connectivity index (χ4v) is 1.22. The van der Waals surface area contributed by atoms with E-state index in [9.17, 15) is 5.11 Å². The van der Waals surface area contributed by atoms with Gasteiger partial charge in [0.2, 0.25) is 0 Å². The van der Waals surface area contributed by atoms with Gasteiger partial charge >= 0.3 is 0 Å². The van der Waals surface area contributed by atoms with Crippen LogP contribution in [-0.4, -0.2) is 12.2 Å². The first-order chi connectivity index (χ1) is 6.27. The van der Waals surface area contributed by atoms with Crippen molar-refractivity contribution in [2.45, 2.75) is 19.3 Å². The van der Waals surface area contributed by atoms with Crippen molar-refractivity contribution in [1.29, 1.82) is 0 Å². The Morgan fingerprint density at radius 2 is 2.23 bits per heavy atom. The quantitative estimate of drug-likeness (QED) is 0.769. The monoisotopic (exact) mass is 179 g/mol. The maximum Gasteiger partial charge on any atom is 0.160 e. The first-order valence-corrected chi connectivity index (χ1v) is 4.43. The first kappa shape index (κ1) is 9.90. The summed E-state index contributed by atoms with van der Waals surface area (Å²) < 4.78 is 4.94. The molecule has 0 heterocycles. The molecule has 1 radical (unpaired) electrons. The van der Waals surface area contributed by atoms with E-state index in [-0.39, 0.29) is 5.75 Å². The first-order valence-electron chi connectivity index (χ1n) is 4.43. The second-order valence-corrected chi connectivity index (χ2v) is 2.96. The largest absolute Gasteiger partial charge is 0.504 e. The molecule has 1 N–H and O–H groups in total. The molecule has 1 rings (SSSR count). The molecule has 1 aromatic carbocycles. The van der Waals surface area contributed by atoms with Gasteiger partial charge in [-0.15, -0.1) is 0 Å². The Kier molecular flexibility index (Phi) is 3.62. The molecule has 2 nitrogen and oxygen atoms in total. The summed E-state index contributed by atoms with van der Waals surface area (Å²) in [6, 6.07) is 5.50. The van der Waals surface area contributed by atoms with Gasteiger partial charge in [0.1, 0.15) is 0 Å². The van der Waals surface area contributed by atoms with Crippen molar-refractivity contribution in [3.63, 3.8) is 0 Å². The Hall–Kier alpha value is -1.18. The van der Waals surface area contributed by atoms with Crippen LogP contribution in [0.3, 0.4) is 0 Å². The van der Waals surface area contributed by atoms with Crippen LogP contribution in [0.1, 0.15) is 18.4 Å². The van der Waals surface area contributed by atoms with Crippen LogP contribution in [0.15, 0.2) is 18.2 Å². The third-order valence-electron chi connectivity index (χ3n) is 1.96. The molecular weight excluding hydrogens is 164 g/mol. The predicted molar refractivity (Wildman–Crippen MR) is 53.0 cm³/mol. The SMILES string of the molecule is [CH2]CCCc1ccc(OC)c(O)c1. The zero-order valence-corrected chi connectivity index (χ0v) is 7.92. The third kappa shape index (κ3) is 2.65. The number of methoxy groups -OCH3 is 1. The van der Waals surface area contributed by atoms with Crippen LogP contribution in [0.2, 0.25) is 0 Å². The van der Waals surface area contributed by atoms with Gasteiger partial charge in [-0.25, -0.2) is 0 Å². The fraction of sp³-hybridized carbons (Fsp3) is 0.364. The van der Waals surface area contributed by atoms with Gasteiger partial charge in [0.05, 0.1) is 7.11 Å². The summed E-state index contributed by atoms with van der Waals surface area (Å²) in [5.74, 6) is 0.738. The molecule has 71 valence electrons. The van der Waals surface area contributed by atoms with Crippen LogP contribution in [0.25, 0.3) is 0 Å². The van der Waals surface area contributed by atoms with E-state index < -0.39 is 0 Å². The van der Waals surface area contributed by atoms with Gasteiger partial charge in [0, 0.05) is 0 Å². The lowest BCUT2D eigenvalue weighted by Gasteiger charge is -2.05. The van der Waals surface area contributed by atoms with Crippen molar-refractivity contribution < 1.29 is 9.84 Å². The summed E-state index contributed by atoms with van der Waals surface area (Å²) in [7, 11) is 1.55. The fourth-order valence-electron chi connectivity index (χ4n) is 1.22. The van der Waals surface area contributed by atoms with E-state index in [0.717, 1.165) is 24.8 Å². The van der Waals surface area contributed by atoms with Gasteiger partial charge in [-0.1, -0.05) is 19.4 Å². The second-order valence-electron chi connectivity index (χ2n) is 2.96. The molecule has 0 amide bonds. The van der Waals surface area contributed by atoms with Crippen LogP contribution < -0.4 is 4.74 Å². The van der Waals surface area contributed by atoms with E-state index in [1.165, 1.54) is 0 Å². The summed E-state index contributed by atoms with van der Waals surface area (Å²) in [5, 5.41) is 9.45. The number of benzene rings is 1. The van der Waals surface area contributed by atoms with E-state index in [0.29, 0.717) is 5.75 Å². The standard InChI is InChI=1S/C11H15O2/c1-3-4-5-9-6-7-11(13-2)10(12)8-9/h6-8,12H,1,3-5H2,2H3. The highest BCUT2D eigenvalue weighted by atomic mass is 16.5. The molecular formula is C11H15O2. The Morgan fingerprint density at radius 3 is 2.77 bits per heavy atom. The van der Waals surface area contributed by atoms with E-state index in [2.05, 4.69) is 6.92 Å². The van der Waals surface area contributed by atoms with Gasteiger partial charge in [-0.3, -0.25) is 0 Å². The lowest BCUT2D eigenvalue weighted by atomic mass is 10.1. The van der Waals surface area contributed by atoms with Crippen molar-refractivity contribution in [1.82, 2.24) is 0 Å². The van der Waals surface area contributed by atoms with Crippen LogP contribution in [0.5, 0.6) is 11.5 Å². The summed E-state index contributed by atoms with van der Waals surface area (Å²) in [6.07, 6.45) is 2.93. The molecule has 0 aliphatic rings. The van der Waals surface area contributed by atoms with Gasteiger partial charge in [0.25, 0.3) is 0 Å². The molecule has 0 spiro atoms. The lowest BCUT2D eigenvalue weighted by Crippen LogP contribution is -1.87. The van der Waals surface area contributed by atoms with Crippen molar-refractivity contribution in [3.8, 4) is 11.5 Å². The number of hydrogen-bond acceptors (Lipinski definition) is 2. The molecule has 0 unspecified atom stereocenters. The maximum atomic E-state index is 9.45. The molecule has 2 heteroatoms. The molecule has 0 bridgehead atoms. The number of aromatic hydroxyl groups is 1. The lowest BCUT2D eigenvalue weighted by molar-refractivity contribution is 0.373. The predicted octanol–water partition coefficient (Wildman–Crippen LogP) is 2.56.